The largest absolute Gasteiger partial charge is 0.409 e. The minimum atomic E-state index is -4.19. The Morgan fingerprint density at radius 2 is 1.94 bits per heavy atom. The lowest BCUT2D eigenvalue weighted by atomic mass is 10.3. The minimum Gasteiger partial charge on any atom is -0.367 e. The van der Waals surface area contributed by atoms with Crippen LogP contribution in [0.2, 0.25) is 0 Å². The molecule has 1 N–H and O–H groups in total. The second kappa shape index (κ2) is 5.62. The lowest BCUT2D eigenvalue weighted by molar-refractivity contribution is -0.119. The van der Waals surface area contributed by atoms with Gasteiger partial charge in [0.15, 0.2) is 0 Å². The highest BCUT2D eigenvalue weighted by atomic mass is 32.2. The maximum Gasteiger partial charge on any atom is 0.409 e. The lowest BCUT2D eigenvalue weighted by Gasteiger charge is -2.07. The van der Waals surface area contributed by atoms with Crippen LogP contribution < -0.4 is 8.91 Å². The first-order valence-corrected chi connectivity index (χ1v) is 6.34. The van der Waals surface area contributed by atoms with Gasteiger partial charge in [-0.05, 0) is 30.7 Å². The topological polar surface area (TPSA) is 72.5 Å². The van der Waals surface area contributed by atoms with E-state index in [2.05, 4.69) is 4.18 Å². The quantitative estimate of drug-likeness (QED) is 0.868. The van der Waals surface area contributed by atoms with Crippen LogP contribution in [-0.2, 0) is 15.1 Å². The first-order chi connectivity index (χ1) is 7.93. The van der Waals surface area contributed by atoms with Crippen LogP contribution in [0.1, 0.15) is 19.8 Å². The van der Waals surface area contributed by atoms with E-state index in [0.29, 0.717) is 6.42 Å². The fourth-order valence-electron chi connectivity index (χ4n) is 1.06. The number of carbonyl (C=O) groups is 1. The van der Waals surface area contributed by atoms with Gasteiger partial charge in [-0.1, -0.05) is 6.92 Å². The first kappa shape index (κ1) is 13.4. The fraction of sp³-hybridized carbons (Fsp3) is 0.300. The molecule has 0 heterocycles. The second-order valence-electron chi connectivity index (χ2n) is 3.27. The van der Waals surface area contributed by atoms with Crippen molar-refractivity contribution in [1.29, 1.82) is 0 Å². The normalized spacial score (nSPS) is 10.9. The summed E-state index contributed by atoms with van der Waals surface area (Å²) in [7, 11) is -4.19. The second-order valence-corrected chi connectivity index (χ2v) is 4.55. The molecule has 0 fully saturated rings. The van der Waals surface area contributed by atoms with Crippen LogP contribution in [-0.4, -0.2) is 14.3 Å². The van der Waals surface area contributed by atoms with Gasteiger partial charge >= 0.3 is 10.3 Å². The summed E-state index contributed by atoms with van der Waals surface area (Å²) < 4.78 is 41.5. The Labute approximate surface area is 98.9 Å². The molecule has 0 spiro atoms. The van der Waals surface area contributed by atoms with E-state index < -0.39 is 22.0 Å². The Bertz CT molecular complexity index is 484. The molecule has 0 bridgehead atoms. The van der Waals surface area contributed by atoms with Crippen molar-refractivity contribution in [2.24, 2.45) is 0 Å². The van der Waals surface area contributed by atoms with E-state index in [9.17, 15) is 17.6 Å². The van der Waals surface area contributed by atoms with Crippen molar-refractivity contribution >= 4 is 16.2 Å². The molecule has 7 heteroatoms. The number of hydrogen-bond acceptors (Lipinski definition) is 4. The summed E-state index contributed by atoms with van der Waals surface area (Å²) in [6.07, 6.45) is 0.615. The molecular formula is C10H12FNO4S. The molecule has 5 nitrogen and oxygen atoms in total. The Balaban J connectivity index is 2.66. The number of benzene rings is 1. The van der Waals surface area contributed by atoms with E-state index in [1.807, 2.05) is 0 Å². The SMILES string of the molecule is CCCC(=O)NS(=O)(=O)Oc1ccc(F)cc1. The number of amides is 1. The summed E-state index contributed by atoms with van der Waals surface area (Å²) in [5.74, 6) is -1.22. The van der Waals surface area contributed by atoms with Gasteiger partial charge in [0.25, 0.3) is 0 Å². The van der Waals surface area contributed by atoms with E-state index in [4.69, 9.17) is 0 Å². The zero-order chi connectivity index (χ0) is 12.9. The van der Waals surface area contributed by atoms with Crippen molar-refractivity contribution in [3.8, 4) is 5.75 Å². The molecule has 0 saturated heterocycles. The van der Waals surface area contributed by atoms with Crippen LogP contribution in [0.5, 0.6) is 5.75 Å². The third kappa shape index (κ3) is 4.81. The van der Waals surface area contributed by atoms with E-state index in [-0.39, 0.29) is 12.2 Å². The molecule has 0 aliphatic carbocycles. The summed E-state index contributed by atoms with van der Waals surface area (Å²) >= 11 is 0. The number of rotatable bonds is 5. The van der Waals surface area contributed by atoms with E-state index in [1.54, 1.807) is 11.6 Å². The van der Waals surface area contributed by atoms with Gasteiger partial charge in [-0.3, -0.25) is 4.79 Å². The highest BCUT2D eigenvalue weighted by molar-refractivity contribution is 7.85. The molecule has 1 rings (SSSR count). The van der Waals surface area contributed by atoms with Crippen molar-refractivity contribution in [3.05, 3.63) is 30.1 Å². The molecule has 0 atom stereocenters. The van der Waals surface area contributed by atoms with Gasteiger partial charge in [0.05, 0.1) is 0 Å². The van der Waals surface area contributed by atoms with Crippen molar-refractivity contribution < 1.29 is 21.8 Å². The Morgan fingerprint density at radius 3 is 2.47 bits per heavy atom. The van der Waals surface area contributed by atoms with Gasteiger partial charge in [0.2, 0.25) is 5.91 Å². The van der Waals surface area contributed by atoms with E-state index >= 15 is 0 Å². The minimum absolute atomic E-state index is 0.0665. The molecule has 0 radical (unpaired) electrons. The summed E-state index contributed by atoms with van der Waals surface area (Å²) in [4.78, 5) is 11.1. The molecule has 1 aromatic rings. The molecule has 0 aliphatic rings. The van der Waals surface area contributed by atoms with Crippen LogP contribution in [0.25, 0.3) is 0 Å². The third-order valence-corrected chi connectivity index (χ3v) is 2.63. The molecule has 0 unspecified atom stereocenters. The lowest BCUT2D eigenvalue weighted by Crippen LogP contribution is -2.33. The molecule has 0 saturated carbocycles. The highest BCUT2D eigenvalue weighted by Crippen LogP contribution is 2.12. The summed E-state index contributed by atoms with van der Waals surface area (Å²) in [5.41, 5.74) is 0. The van der Waals surface area contributed by atoms with Gasteiger partial charge in [-0.2, -0.15) is 8.42 Å². The van der Waals surface area contributed by atoms with Gasteiger partial charge in [-0.25, -0.2) is 9.11 Å². The zero-order valence-electron chi connectivity index (χ0n) is 9.14. The smallest absolute Gasteiger partial charge is 0.367 e. The predicted octanol–water partition coefficient (Wildman–Crippen LogP) is 1.37. The number of nitrogens with one attached hydrogen (secondary N) is 1. The zero-order valence-corrected chi connectivity index (χ0v) is 9.96. The van der Waals surface area contributed by atoms with Crippen molar-refractivity contribution in [2.45, 2.75) is 19.8 Å². The fourth-order valence-corrected chi connectivity index (χ4v) is 1.84. The van der Waals surface area contributed by atoms with Crippen LogP contribution in [0, 0.1) is 5.82 Å². The number of carbonyl (C=O) groups excluding carboxylic acids is 1. The van der Waals surface area contributed by atoms with Gasteiger partial charge in [-0.15, -0.1) is 0 Å². The monoisotopic (exact) mass is 261 g/mol. The van der Waals surface area contributed by atoms with Gasteiger partial charge < -0.3 is 4.18 Å². The summed E-state index contributed by atoms with van der Waals surface area (Å²) in [6.45, 7) is 1.74. The molecule has 17 heavy (non-hydrogen) atoms. The van der Waals surface area contributed by atoms with Crippen LogP contribution in [0.3, 0.4) is 0 Å². The van der Waals surface area contributed by atoms with Crippen LogP contribution in [0.4, 0.5) is 4.39 Å². The summed E-state index contributed by atoms with van der Waals surface area (Å²) in [5, 5.41) is 0. The Kier molecular flexibility index (Phi) is 4.45. The molecule has 1 amide bonds. The molecule has 94 valence electrons. The predicted molar refractivity (Wildman–Crippen MR) is 59.0 cm³/mol. The van der Waals surface area contributed by atoms with E-state index in [0.717, 1.165) is 24.3 Å². The van der Waals surface area contributed by atoms with Crippen molar-refractivity contribution in [3.63, 3.8) is 0 Å². The maximum atomic E-state index is 12.6. The molecule has 0 aliphatic heterocycles. The Morgan fingerprint density at radius 1 is 1.35 bits per heavy atom. The Hall–Kier alpha value is -1.63. The highest BCUT2D eigenvalue weighted by Gasteiger charge is 2.15. The average Bonchev–Trinajstić information content (AvgIpc) is 2.20. The number of halogens is 1. The first-order valence-electron chi connectivity index (χ1n) is 4.93. The van der Waals surface area contributed by atoms with Crippen LogP contribution >= 0.6 is 0 Å². The van der Waals surface area contributed by atoms with Gasteiger partial charge in [0.1, 0.15) is 11.6 Å². The number of hydrogen-bond donors (Lipinski definition) is 1. The van der Waals surface area contributed by atoms with Crippen LogP contribution in [0.15, 0.2) is 24.3 Å². The van der Waals surface area contributed by atoms with Crippen molar-refractivity contribution in [1.82, 2.24) is 4.72 Å². The van der Waals surface area contributed by atoms with E-state index in [1.165, 1.54) is 0 Å². The standard InChI is InChI=1S/C10H12FNO4S/c1-2-3-10(13)12-17(14,15)16-9-6-4-8(11)5-7-9/h4-7H,2-3H2,1H3,(H,12,13). The summed E-state index contributed by atoms with van der Waals surface area (Å²) in [6, 6.07) is 4.41. The van der Waals surface area contributed by atoms with Gasteiger partial charge in [0, 0.05) is 6.42 Å². The molecule has 0 aromatic heterocycles. The molecular weight excluding hydrogens is 249 g/mol. The average molecular weight is 261 g/mol. The third-order valence-electron chi connectivity index (χ3n) is 1.74. The molecule has 1 aromatic carbocycles. The maximum absolute atomic E-state index is 12.6. The van der Waals surface area contributed by atoms with Crippen molar-refractivity contribution in [2.75, 3.05) is 0 Å².